The molecule has 15 heteroatoms. The zero-order chi connectivity index (χ0) is 28.2. The minimum atomic E-state index is -1.23. The predicted octanol–water partition coefficient (Wildman–Crippen LogP) is 3.82. The number of carbonyl (C=O) groups is 3. The van der Waals surface area contributed by atoms with Crippen LogP contribution in [-0.4, -0.2) is 67.4 Å². The third-order valence-corrected chi connectivity index (χ3v) is 6.20. The number of ether oxygens (including phenoxy) is 5. The molecule has 2 aliphatic rings. The predicted molar refractivity (Wildman–Crippen MR) is 134 cm³/mol. The standard InChI is InChI=1S/C24H31N7O8/c1-14(32)36-21-18(28-30-25)11-19(29-31-26)22(23(21)37-15(2)33)39-20-10-6-9-17(38-20)12-27-24(34)35-13-16-7-4-3-5-8-16/h3-5,7-8,17-23H,6,9-13H2,1-2H3,(H,27,34)/t17-,18+,19-,20+,21-,22+,23+/m0/s1. The molecular weight excluding hydrogens is 514 g/mol. The lowest BCUT2D eigenvalue weighted by Crippen LogP contribution is -2.59. The van der Waals surface area contributed by atoms with Gasteiger partial charge in [-0.25, -0.2) is 4.79 Å². The molecule has 1 aliphatic carbocycles. The van der Waals surface area contributed by atoms with Crippen molar-refractivity contribution in [3.63, 3.8) is 0 Å². The molecule has 0 radical (unpaired) electrons. The van der Waals surface area contributed by atoms with E-state index in [1.807, 2.05) is 30.3 Å². The molecule has 3 rings (SSSR count). The van der Waals surface area contributed by atoms with Crippen molar-refractivity contribution < 1.29 is 38.1 Å². The summed E-state index contributed by atoms with van der Waals surface area (Å²) < 4.78 is 28.2. The number of rotatable bonds is 10. The van der Waals surface area contributed by atoms with Gasteiger partial charge in [0.25, 0.3) is 0 Å². The van der Waals surface area contributed by atoms with Crippen LogP contribution in [0.1, 0.15) is 45.1 Å². The van der Waals surface area contributed by atoms with Gasteiger partial charge in [0.1, 0.15) is 18.8 Å². The van der Waals surface area contributed by atoms with Gasteiger partial charge in [-0.2, -0.15) is 0 Å². The number of hydrogen-bond donors (Lipinski definition) is 1. The number of nitrogens with one attached hydrogen (secondary N) is 1. The normalized spacial score (nSPS) is 28.1. The Bertz CT molecular complexity index is 1090. The molecule has 1 aromatic carbocycles. The molecule has 2 fully saturated rings. The second-order valence-electron chi connectivity index (χ2n) is 9.09. The third kappa shape index (κ3) is 9.04. The second-order valence-corrected chi connectivity index (χ2v) is 9.09. The number of nitrogens with zero attached hydrogens (tertiary/aromatic N) is 6. The SMILES string of the molecule is CC(=O)O[C@@H]1[C@@H](OC(C)=O)[C@H](N=[N+]=[N-])C[C@H](N=[N+]=[N-])[C@H]1O[C@@H]1CCC[C@@H](CNC(=O)OCc2ccccc2)O1. The monoisotopic (exact) mass is 545 g/mol. The van der Waals surface area contributed by atoms with Crippen LogP contribution in [0.15, 0.2) is 40.6 Å². The Kier molecular flexibility index (Phi) is 11.2. The summed E-state index contributed by atoms with van der Waals surface area (Å²) in [6, 6.07) is 7.37. The van der Waals surface area contributed by atoms with E-state index in [2.05, 4.69) is 25.4 Å². The van der Waals surface area contributed by atoms with Gasteiger partial charge < -0.3 is 29.0 Å². The minimum Gasteiger partial charge on any atom is -0.458 e. The summed E-state index contributed by atoms with van der Waals surface area (Å²) in [7, 11) is 0. The van der Waals surface area contributed by atoms with E-state index < -0.39 is 60.8 Å². The molecule has 1 N–H and O–H groups in total. The van der Waals surface area contributed by atoms with Crippen LogP contribution in [0.5, 0.6) is 0 Å². The van der Waals surface area contributed by atoms with Gasteiger partial charge in [0, 0.05) is 30.2 Å². The number of benzene rings is 1. The first-order valence-electron chi connectivity index (χ1n) is 12.5. The number of alkyl carbamates (subject to hydrolysis) is 1. The molecule has 0 spiro atoms. The molecule has 39 heavy (non-hydrogen) atoms. The smallest absolute Gasteiger partial charge is 0.407 e. The van der Waals surface area contributed by atoms with Crippen molar-refractivity contribution in [1.29, 1.82) is 0 Å². The Morgan fingerprint density at radius 2 is 1.62 bits per heavy atom. The summed E-state index contributed by atoms with van der Waals surface area (Å²) in [5, 5.41) is 10.1. The fourth-order valence-electron chi connectivity index (χ4n) is 4.59. The first-order chi connectivity index (χ1) is 18.8. The molecule has 1 aromatic rings. The average molecular weight is 546 g/mol. The Hall–Kier alpha value is -4.03. The molecule has 1 saturated carbocycles. The largest absolute Gasteiger partial charge is 0.458 e. The highest BCUT2D eigenvalue weighted by molar-refractivity contribution is 5.68. The van der Waals surface area contributed by atoms with Crippen LogP contribution in [0.4, 0.5) is 4.79 Å². The maximum Gasteiger partial charge on any atom is 0.407 e. The van der Waals surface area contributed by atoms with E-state index in [-0.39, 0.29) is 19.6 Å². The van der Waals surface area contributed by atoms with E-state index in [0.717, 1.165) is 12.5 Å². The van der Waals surface area contributed by atoms with Gasteiger partial charge in [0.05, 0.1) is 18.2 Å². The fraction of sp³-hybridized carbons (Fsp3) is 0.625. The van der Waals surface area contributed by atoms with E-state index in [1.165, 1.54) is 6.92 Å². The van der Waals surface area contributed by atoms with Crippen molar-refractivity contribution in [2.45, 2.75) is 88.9 Å². The topological polar surface area (TPSA) is 207 Å². The molecule has 0 unspecified atom stereocenters. The summed E-state index contributed by atoms with van der Waals surface area (Å²) >= 11 is 0. The summed E-state index contributed by atoms with van der Waals surface area (Å²) in [6.07, 6.45) is -3.47. The maximum atomic E-state index is 12.1. The highest BCUT2D eigenvalue weighted by Gasteiger charge is 2.50. The summed E-state index contributed by atoms with van der Waals surface area (Å²) in [6.45, 7) is 2.63. The van der Waals surface area contributed by atoms with Gasteiger partial charge in [0.2, 0.25) is 0 Å². The van der Waals surface area contributed by atoms with Crippen LogP contribution in [0.3, 0.4) is 0 Å². The highest BCUT2D eigenvalue weighted by atomic mass is 16.7. The number of azide groups is 2. The Morgan fingerprint density at radius 1 is 0.974 bits per heavy atom. The molecule has 1 heterocycles. The zero-order valence-electron chi connectivity index (χ0n) is 21.6. The average Bonchev–Trinajstić information content (AvgIpc) is 2.91. The van der Waals surface area contributed by atoms with E-state index in [1.54, 1.807) is 0 Å². The van der Waals surface area contributed by atoms with E-state index >= 15 is 0 Å². The quantitative estimate of drug-likeness (QED) is 0.150. The summed E-state index contributed by atoms with van der Waals surface area (Å²) in [5.41, 5.74) is 19.0. The third-order valence-electron chi connectivity index (χ3n) is 6.20. The number of esters is 2. The lowest BCUT2D eigenvalue weighted by atomic mass is 9.84. The van der Waals surface area contributed by atoms with Crippen LogP contribution in [0.25, 0.3) is 20.9 Å². The lowest BCUT2D eigenvalue weighted by molar-refractivity contribution is -0.252. The Balaban J connectivity index is 1.66. The van der Waals surface area contributed by atoms with Crippen molar-refractivity contribution in [2.24, 2.45) is 10.2 Å². The summed E-state index contributed by atoms with van der Waals surface area (Å²) in [4.78, 5) is 41.5. The molecule has 15 nitrogen and oxygen atoms in total. The van der Waals surface area contributed by atoms with Crippen molar-refractivity contribution in [3.8, 4) is 0 Å². The van der Waals surface area contributed by atoms with E-state index in [0.29, 0.717) is 19.3 Å². The minimum absolute atomic E-state index is 0.0144. The second kappa shape index (κ2) is 14.8. The Labute approximate surface area is 224 Å². The molecule has 210 valence electrons. The Morgan fingerprint density at radius 3 is 2.26 bits per heavy atom. The van der Waals surface area contributed by atoms with Crippen LogP contribution >= 0.6 is 0 Å². The first-order valence-corrected chi connectivity index (χ1v) is 12.5. The summed E-state index contributed by atoms with van der Waals surface area (Å²) in [5.74, 6) is -1.39. The number of hydrogen-bond acceptors (Lipinski definition) is 10. The van der Waals surface area contributed by atoms with Crippen LogP contribution in [-0.2, 0) is 39.9 Å². The van der Waals surface area contributed by atoms with Crippen molar-refractivity contribution >= 4 is 18.0 Å². The van der Waals surface area contributed by atoms with Gasteiger partial charge in [-0.05, 0) is 42.3 Å². The van der Waals surface area contributed by atoms with Gasteiger partial charge >= 0.3 is 18.0 Å². The van der Waals surface area contributed by atoms with Crippen molar-refractivity contribution in [3.05, 3.63) is 56.8 Å². The van der Waals surface area contributed by atoms with Gasteiger partial charge in [-0.3, -0.25) is 9.59 Å². The lowest BCUT2D eigenvalue weighted by Gasteiger charge is -2.44. The van der Waals surface area contributed by atoms with Crippen molar-refractivity contribution in [1.82, 2.24) is 5.32 Å². The van der Waals surface area contributed by atoms with E-state index in [9.17, 15) is 14.4 Å². The maximum absolute atomic E-state index is 12.1. The molecule has 1 amide bonds. The molecule has 1 aliphatic heterocycles. The molecular formula is C24H31N7O8. The van der Waals surface area contributed by atoms with Gasteiger partial charge in [0.15, 0.2) is 12.4 Å². The van der Waals surface area contributed by atoms with Crippen LogP contribution < -0.4 is 5.32 Å². The van der Waals surface area contributed by atoms with Crippen LogP contribution in [0.2, 0.25) is 0 Å². The highest BCUT2D eigenvalue weighted by Crippen LogP contribution is 2.34. The zero-order valence-corrected chi connectivity index (χ0v) is 21.6. The number of carbonyl (C=O) groups excluding carboxylic acids is 3. The molecule has 1 saturated heterocycles. The number of amides is 1. The van der Waals surface area contributed by atoms with Gasteiger partial charge in [-0.15, -0.1) is 0 Å². The molecule has 0 aromatic heterocycles. The van der Waals surface area contributed by atoms with Crippen LogP contribution in [0, 0.1) is 0 Å². The van der Waals surface area contributed by atoms with Crippen molar-refractivity contribution in [2.75, 3.05) is 6.54 Å². The molecule has 0 bridgehead atoms. The molecule has 7 atom stereocenters. The van der Waals surface area contributed by atoms with Gasteiger partial charge in [-0.1, -0.05) is 40.6 Å². The fourth-order valence-corrected chi connectivity index (χ4v) is 4.59. The van der Waals surface area contributed by atoms with E-state index in [4.69, 9.17) is 34.7 Å². The first kappa shape index (κ1) is 29.5.